The van der Waals surface area contributed by atoms with Crippen LogP contribution in [0.4, 0.5) is 16.2 Å². The van der Waals surface area contributed by atoms with Gasteiger partial charge >= 0.3 is 6.03 Å². The highest BCUT2D eigenvalue weighted by atomic mass is 79.9. The molecule has 3 aromatic rings. The van der Waals surface area contributed by atoms with Crippen LogP contribution in [0.5, 0.6) is 5.75 Å². The molecule has 10 heteroatoms. The predicted octanol–water partition coefficient (Wildman–Crippen LogP) is 5.20. The van der Waals surface area contributed by atoms with Crippen LogP contribution in [-0.2, 0) is 14.4 Å². The van der Waals surface area contributed by atoms with Gasteiger partial charge in [0, 0.05) is 15.7 Å². The van der Waals surface area contributed by atoms with Gasteiger partial charge in [-0.25, -0.2) is 9.69 Å². The van der Waals surface area contributed by atoms with E-state index < -0.39 is 17.8 Å². The van der Waals surface area contributed by atoms with Crippen molar-refractivity contribution in [1.29, 1.82) is 0 Å². The number of benzene rings is 3. The summed E-state index contributed by atoms with van der Waals surface area (Å²) in [6.07, 6.45) is 1.32. The van der Waals surface area contributed by atoms with Gasteiger partial charge in [0.15, 0.2) is 6.61 Å². The third-order valence-corrected chi connectivity index (χ3v) is 6.15. The van der Waals surface area contributed by atoms with Crippen LogP contribution in [0.3, 0.4) is 0 Å². The smallest absolute Gasteiger partial charge is 0.335 e. The van der Waals surface area contributed by atoms with Crippen LogP contribution >= 0.6 is 31.9 Å². The average molecular weight is 613 g/mol. The first-order chi connectivity index (χ1) is 17.2. The number of carbonyl (C=O) groups is 4. The maximum atomic E-state index is 13.2. The molecule has 1 saturated heterocycles. The van der Waals surface area contributed by atoms with Gasteiger partial charge in [-0.05, 0) is 70.9 Å². The highest BCUT2D eigenvalue weighted by Gasteiger charge is 2.37. The van der Waals surface area contributed by atoms with Gasteiger partial charge in [0.2, 0.25) is 0 Å². The molecule has 3 aromatic carbocycles. The molecule has 4 rings (SSSR count). The summed E-state index contributed by atoms with van der Waals surface area (Å²) < 4.78 is 6.91. The van der Waals surface area contributed by atoms with Crippen molar-refractivity contribution in [3.63, 3.8) is 0 Å². The van der Waals surface area contributed by atoms with Gasteiger partial charge < -0.3 is 10.1 Å². The minimum atomic E-state index is -0.840. The van der Waals surface area contributed by atoms with Crippen molar-refractivity contribution in [1.82, 2.24) is 5.32 Å². The lowest BCUT2D eigenvalue weighted by atomic mass is 10.1. The number of para-hydroxylation sites is 1. The monoisotopic (exact) mass is 611 g/mol. The second-order valence-electron chi connectivity index (χ2n) is 7.81. The van der Waals surface area contributed by atoms with Crippen LogP contribution in [0.15, 0.2) is 81.2 Å². The number of hydrogen-bond acceptors (Lipinski definition) is 5. The van der Waals surface area contributed by atoms with E-state index in [0.29, 0.717) is 25.9 Å². The molecule has 1 aliphatic rings. The van der Waals surface area contributed by atoms with E-state index >= 15 is 0 Å². The number of barbiturate groups is 1. The van der Waals surface area contributed by atoms with E-state index in [1.54, 1.807) is 48.5 Å². The molecule has 0 aromatic heterocycles. The van der Waals surface area contributed by atoms with Gasteiger partial charge in [0.05, 0.1) is 10.2 Å². The van der Waals surface area contributed by atoms with Crippen LogP contribution in [0, 0.1) is 6.92 Å². The van der Waals surface area contributed by atoms with Crippen molar-refractivity contribution in [3.05, 3.63) is 92.4 Å². The molecule has 0 unspecified atom stereocenters. The van der Waals surface area contributed by atoms with Crippen molar-refractivity contribution >= 4 is 73.1 Å². The normalized spacial score (nSPS) is 14.6. The zero-order valence-electron chi connectivity index (χ0n) is 18.9. The number of halogens is 2. The Morgan fingerprint density at radius 2 is 1.78 bits per heavy atom. The van der Waals surface area contributed by atoms with E-state index in [1.807, 2.05) is 25.1 Å². The first kappa shape index (κ1) is 25.3. The molecule has 1 aliphatic heterocycles. The van der Waals surface area contributed by atoms with Gasteiger partial charge in [-0.1, -0.05) is 46.3 Å². The van der Waals surface area contributed by atoms with Crippen molar-refractivity contribution in [2.45, 2.75) is 6.92 Å². The SMILES string of the molecule is Cc1cccc(NC(=O)COc2c(Br)cc(Br)cc2/C=C2/C(=O)NC(=O)N(c3ccccc3)C2=O)c1. The largest absolute Gasteiger partial charge is 0.482 e. The quantitative estimate of drug-likeness (QED) is 0.294. The Bertz CT molecular complexity index is 1410. The predicted molar refractivity (Wildman–Crippen MR) is 143 cm³/mol. The van der Waals surface area contributed by atoms with Gasteiger partial charge in [-0.15, -0.1) is 0 Å². The summed E-state index contributed by atoms with van der Waals surface area (Å²) in [7, 11) is 0. The van der Waals surface area contributed by atoms with E-state index in [4.69, 9.17) is 4.74 Å². The number of hydrogen-bond donors (Lipinski definition) is 2. The maximum absolute atomic E-state index is 13.2. The molecule has 0 atom stereocenters. The van der Waals surface area contributed by atoms with Crippen molar-refractivity contribution in [2.24, 2.45) is 0 Å². The number of aryl methyl sites for hydroxylation is 1. The first-order valence-electron chi connectivity index (χ1n) is 10.7. The summed E-state index contributed by atoms with van der Waals surface area (Å²) in [6, 6.07) is 18.1. The van der Waals surface area contributed by atoms with Crippen LogP contribution in [0.2, 0.25) is 0 Å². The van der Waals surface area contributed by atoms with E-state index in [9.17, 15) is 19.2 Å². The maximum Gasteiger partial charge on any atom is 0.335 e. The summed E-state index contributed by atoms with van der Waals surface area (Å²) >= 11 is 6.80. The highest BCUT2D eigenvalue weighted by molar-refractivity contribution is 9.11. The minimum absolute atomic E-state index is 0.244. The van der Waals surface area contributed by atoms with E-state index in [1.165, 1.54) is 6.08 Å². The fourth-order valence-corrected chi connectivity index (χ4v) is 4.89. The van der Waals surface area contributed by atoms with Gasteiger partial charge in [0.25, 0.3) is 17.7 Å². The number of amides is 5. The number of anilines is 2. The Hall–Kier alpha value is -3.76. The number of imide groups is 2. The number of rotatable bonds is 6. The van der Waals surface area contributed by atoms with Crippen molar-refractivity contribution in [3.8, 4) is 5.75 Å². The summed E-state index contributed by atoms with van der Waals surface area (Å²) in [4.78, 5) is 51.5. The lowest BCUT2D eigenvalue weighted by Crippen LogP contribution is -2.54. The molecule has 8 nitrogen and oxygen atoms in total. The van der Waals surface area contributed by atoms with E-state index in [2.05, 4.69) is 42.5 Å². The van der Waals surface area contributed by atoms with Crippen LogP contribution in [-0.4, -0.2) is 30.4 Å². The second kappa shape index (κ2) is 10.9. The molecule has 182 valence electrons. The van der Waals surface area contributed by atoms with Crippen molar-refractivity contribution < 1.29 is 23.9 Å². The molecular weight excluding hydrogens is 594 g/mol. The lowest BCUT2D eigenvalue weighted by molar-refractivity contribution is -0.122. The molecule has 0 bridgehead atoms. The molecule has 0 aliphatic carbocycles. The Labute approximate surface area is 223 Å². The molecule has 0 radical (unpaired) electrons. The average Bonchev–Trinajstić information content (AvgIpc) is 2.81. The molecule has 0 saturated carbocycles. The van der Waals surface area contributed by atoms with Gasteiger partial charge in [-0.3, -0.25) is 19.7 Å². The fourth-order valence-electron chi connectivity index (χ4n) is 3.52. The zero-order chi connectivity index (χ0) is 25.8. The minimum Gasteiger partial charge on any atom is -0.482 e. The van der Waals surface area contributed by atoms with E-state index in [0.717, 1.165) is 10.5 Å². The van der Waals surface area contributed by atoms with E-state index in [-0.39, 0.29) is 23.8 Å². The van der Waals surface area contributed by atoms with Crippen LogP contribution < -0.4 is 20.3 Å². The molecule has 36 heavy (non-hydrogen) atoms. The number of ether oxygens (including phenoxy) is 1. The number of nitrogens with one attached hydrogen (secondary N) is 2. The highest BCUT2D eigenvalue weighted by Crippen LogP contribution is 2.35. The van der Waals surface area contributed by atoms with Crippen molar-refractivity contribution in [2.75, 3.05) is 16.8 Å². The topological polar surface area (TPSA) is 105 Å². The molecule has 5 amide bonds. The summed E-state index contributed by atoms with van der Waals surface area (Å²) in [5, 5.41) is 4.95. The third kappa shape index (κ3) is 5.72. The number of nitrogens with zero attached hydrogens (tertiary/aromatic N) is 1. The Kier molecular flexibility index (Phi) is 7.66. The summed E-state index contributed by atoms with van der Waals surface area (Å²) in [5.74, 6) is -1.76. The molecule has 2 N–H and O–H groups in total. The van der Waals surface area contributed by atoms with Gasteiger partial charge in [0.1, 0.15) is 11.3 Å². The lowest BCUT2D eigenvalue weighted by Gasteiger charge is -2.26. The molecule has 1 fully saturated rings. The number of carbonyl (C=O) groups excluding carboxylic acids is 4. The number of urea groups is 1. The molecule has 0 spiro atoms. The Morgan fingerprint density at radius 1 is 1.03 bits per heavy atom. The fraction of sp³-hybridized carbons (Fsp3) is 0.0769. The first-order valence-corrected chi connectivity index (χ1v) is 12.3. The Morgan fingerprint density at radius 3 is 2.50 bits per heavy atom. The third-order valence-electron chi connectivity index (χ3n) is 5.10. The summed E-state index contributed by atoms with van der Waals surface area (Å²) in [5.41, 5.74) is 2.03. The second-order valence-corrected chi connectivity index (χ2v) is 9.58. The summed E-state index contributed by atoms with van der Waals surface area (Å²) in [6.45, 7) is 1.60. The Balaban J connectivity index is 1.62. The van der Waals surface area contributed by atoms with Gasteiger partial charge in [-0.2, -0.15) is 0 Å². The molecule has 1 heterocycles. The molecular formula is C26H19Br2N3O5. The van der Waals surface area contributed by atoms with Crippen LogP contribution in [0.25, 0.3) is 6.08 Å². The van der Waals surface area contributed by atoms with Crippen LogP contribution in [0.1, 0.15) is 11.1 Å². The zero-order valence-corrected chi connectivity index (χ0v) is 22.1. The standard InChI is InChI=1S/C26H19Br2N3O5/c1-15-6-5-7-18(10-15)29-22(32)14-36-23-16(11-17(27)13-21(23)28)12-20-24(33)30-26(35)31(25(20)34)19-8-3-2-4-9-19/h2-13H,14H2,1H3,(H,29,32)(H,30,33,35)/b20-12-.